The van der Waals surface area contributed by atoms with Gasteiger partial charge in [-0.05, 0) is 42.0 Å². The molecule has 2 aromatic carbocycles. The van der Waals surface area contributed by atoms with Gasteiger partial charge in [-0.3, -0.25) is 4.57 Å². The summed E-state index contributed by atoms with van der Waals surface area (Å²) >= 11 is 0. The molecule has 0 bridgehead atoms. The fourth-order valence-electron chi connectivity index (χ4n) is 2.62. The van der Waals surface area contributed by atoms with E-state index in [1.807, 2.05) is 38.1 Å². The van der Waals surface area contributed by atoms with Gasteiger partial charge in [-0.2, -0.15) is 0 Å². The first kappa shape index (κ1) is 18.9. The van der Waals surface area contributed by atoms with Crippen LogP contribution in [0.1, 0.15) is 40.2 Å². The Labute approximate surface area is 145 Å². The van der Waals surface area contributed by atoms with E-state index in [0.717, 1.165) is 11.1 Å². The zero-order chi connectivity index (χ0) is 17.8. The summed E-state index contributed by atoms with van der Waals surface area (Å²) in [4.78, 5) is 0. The van der Waals surface area contributed by atoms with Gasteiger partial charge in [0.2, 0.25) is 0 Å². The number of rotatable bonds is 6. The van der Waals surface area contributed by atoms with Gasteiger partial charge in [-0.1, -0.05) is 63.2 Å². The van der Waals surface area contributed by atoms with Crippen LogP contribution < -0.4 is 5.30 Å². The highest BCUT2D eigenvalue weighted by molar-refractivity contribution is 7.62. The molecule has 0 N–H and O–H groups in total. The largest absolute Gasteiger partial charge is 0.361 e. The fraction of sp³-hybridized carbons (Fsp3) is 0.400. The van der Waals surface area contributed by atoms with Crippen molar-refractivity contribution < 1.29 is 13.6 Å². The third-order valence-corrected chi connectivity index (χ3v) is 6.04. The molecule has 0 aliphatic carbocycles. The molecule has 0 amide bonds. The van der Waals surface area contributed by atoms with E-state index in [2.05, 4.69) is 45.0 Å². The smallest absolute Gasteiger partial charge is 0.305 e. The maximum Gasteiger partial charge on any atom is 0.361 e. The Morgan fingerprint density at radius 3 is 1.92 bits per heavy atom. The minimum atomic E-state index is -3.32. The normalized spacial score (nSPS) is 12.4. The molecule has 0 saturated heterocycles. The Bertz CT molecular complexity index is 704. The van der Waals surface area contributed by atoms with E-state index >= 15 is 0 Å². The first-order chi connectivity index (χ1) is 11.3. The van der Waals surface area contributed by atoms with Crippen LogP contribution >= 0.6 is 7.60 Å². The molecule has 0 atom stereocenters. The van der Waals surface area contributed by atoms with Crippen LogP contribution in [0.25, 0.3) is 11.1 Å². The Morgan fingerprint density at radius 1 is 0.875 bits per heavy atom. The minimum absolute atomic E-state index is 0.101. The van der Waals surface area contributed by atoms with Crippen LogP contribution in [0.15, 0.2) is 48.5 Å². The lowest BCUT2D eigenvalue weighted by molar-refractivity contribution is 0.230. The van der Waals surface area contributed by atoms with Gasteiger partial charge in [0.15, 0.2) is 0 Å². The summed E-state index contributed by atoms with van der Waals surface area (Å²) in [6, 6.07) is 16.0. The summed E-state index contributed by atoms with van der Waals surface area (Å²) in [6.45, 7) is 10.9. The van der Waals surface area contributed by atoms with Crippen LogP contribution in [0.4, 0.5) is 0 Å². The van der Waals surface area contributed by atoms with E-state index in [9.17, 15) is 4.57 Å². The van der Waals surface area contributed by atoms with Crippen molar-refractivity contribution in [1.82, 2.24) is 0 Å². The monoisotopic (exact) mass is 346 g/mol. The SMILES string of the molecule is CCOP(=O)(OCC)c1ccccc1-c1ccc(C(C)(C)C)cc1. The van der Waals surface area contributed by atoms with Crippen LogP contribution in [0, 0.1) is 0 Å². The standard InChI is InChI=1S/C20H27O3P/c1-6-22-24(21,23-7-2)19-11-9-8-10-18(19)16-12-14-17(15-13-16)20(3,4)5/h8-15H,6-7H2,1-5H3. The third-order valence-electron chi connectivity index (χ3n) is 3.86. The highest BCUT2D eigenvalue weighted by Crippen LogP contribution is 2.49. The zero-order valence-electron chi connectivity index (χ0n) is 15.2. The van der Waals surface area contributed by atoms with Crippen LogP contribution in [0.3, 0.4) is 0 Å². The van der Waals surface area contributed by atoms with E-state index in [-0.39, 0.29) is 5.41 Å². The van der Waals surface area contributed by atoms with E-state index in [1.54, 1.807) is 0 Å². The van der Waals surface area contributed by atoms with Gasteiger partial charge in [-0.15, -0.1) is 0 Å². The lowest BCUT2D eigenvalue weighted by atomic mass is 9.86. The van der Waals surface area contributed by atoms with Gasteiger partial charge in [0, 0.05) is 0 Å². The van der Waals surface area contributed by atoms with Crippen molar-refractivity contribution >= 4 is 12.9 Å². The molecule has 2 aromatic rings. The predicted octanol–water partition coefficient (Wildman–Crippen LogP) is 5.54. The van der Waals surface area contributed by atoms with Crippen molar-refractivity contribution in [1.29, 1.82) is 0 Å². The fourth-order valence-corrected chi connectivity index (χ4v) is 4.42. The Morgan fingerprint density at radius 2 is 1.42 bits per heavy atom. The molecule has 0 radical (unpaired) electrons. The van der Waals surface area contributed by atoms with Crippen LogP contribution in [0.2, 0.25) is 0 Å². The summed E-state index contributed by atoms with van der Waals surface area (Å²) < 4.78 is 24.2. The number of hydrogen-bond acceptors (Lipinski definition) is 3. The molecule has 0 unspecified atom stereocenters. The van der Waals surface area contributed by atoms with Gasteiger partial charge in [0.1, 0.15) is 0 Å². The molecular weight excluding hydrogens is 319 g/mol. The zero-order valence-corrected chi connectivity index (χ0v) is 16.1. The van der Waals surface area contributed by atoms with Gasteiger partial charge in [-0.25, -0.2) is 0 Å². The summed E-state index contributed by atoms with van der Waals surface area (Å²) in [7, 11) is -3.32. The second-order valence-corrected chi connectivity index (χ2v) is 8.67. The molecule has 0 aliphatic heterocycles. The molecule has 130 valence electrons. The second kappa shape index (κ2) is 7.65. The number of hydrogen-bond donors (Lipinski definition) is 0. The van der Waals surface area contributed by atoms with Gasteiger partial charge in [0.05, 0.1) is 18.5 Å². The average Bonchev–Trinajstić information content (AvgIpc) is 2.55. The van der Waals surface area contributed by atoms with E-state index in [0.29, 0.717) is 18.5 Å². The molecule has 0 spiro atoms. The summed E-state index contributed by atoms with van der Waals surface area (Å²) in [5.41, 5.74) is 3.27. The maximum atomic E-state index is 13.2. The molecular formula is C20H27O3P. The van der Waals surface area contributed by atoms with Gasteiger partial charge in [0.25, 0.3) is 0 Å². The highest BCUT2D eigenvalue weighted by atomic mass is 31.2. The van der Waals surface area contributed by atoms with Crippen molar-refractivity contribution in [2.45, 2.75) is 40.0 Å². The average molecular weight is 346 g/mol. The molecule has 24 heavy (non-hydrogen) atoms. The summed E-state index contributed by atoms with van der Waals surface area (Å²) in [5, 5.41) is 0.622. The summed E-state index contributed by atoms with van der Waals surface area (Å²) in [5.74, 6) is 0. The maximum absolute atomic E-state index is 13.2. The first-order valence-electron chi connectivity index (χ1n) is 8.41. The Balaban J connectivity index is 2.51. The molecule has 3 nitrogen and oxygen atoms in total. The highest BCUT2D eigenvalue weighted by Gasteiger charge is 2.29. The van der Waals surface area contributed by atoms with Crippen LogP contribution in [0.5, 0.6) is 0 Å². The van der Waals surface area contributed by atoms with Crippen LogP contribution in [-0.2, 0) is 19.0 Å². The van der Waals surface area contributed by atoms with Gasteiger partial charge < -0.3 is 9.05 Å². The third kappa shape index (κ3) is 4.16. The summed E-state index contributed by atoms with van der Waals surface area (Å²) in [6.07, 6.45) is 0. The first-order valence-corrected chi connectivity index (χ1v) is 9.95. The van der Waals surface area contributed by atoms with Crippen molar-refractivity contribution in [2.75, 3.05) is 13.2 Å². The minimum Gasteiger partial charge on any atom is -0.305 e. The van der Waals surface area contributed by atoms with Gasteiger partial charge >= 0.3 is 7.60 Å². The molecule has 2 rings (SSSR count). The van der Waals surface area contributed by atoms with E-state index in [4.69, 9.17) is 9.05 Å². The molecule has 0 fully saturated rings. The lowest BCUT2D eigenvalue weighted by Crippen LogP contribution is -2.14. The van der Waals surface area contributed by atoms with E-state index in [1.165, 1.54) is 5.56 Å². The molecule has 0 saturated carbocycles. The van der Waals surface area contributed by atoms with Crippen LogP contribution in [-0.4, -0.2) is 13.2 Å². The molecule has 0 aromatic heterocycles. The van der Waals surface area contributed by atoms with Crippen molar-refractivity contribution in [3.63, 3.8) is 0 Å². The molecule has 0 aliphatic rings. The van der Waals surface area contributed by atoms with Crippen molar-refractivity contribution in [2.24, 2.45) is 0 Å². The molecule has 0 heterocycles. The molecule has 4 heteroatoms. The Hall–Kier alpha value is -1.41. The topological polar surface area (TPSA) is 35.5 Å². The van der Waals surface area contributed by atoms with E-state index < -0.39 is 7.60 Å². The predicted molar refractivity (Wildman–Crippen MR) is 101 cm³/mol. The lowest BCUT2D eigenvalue weighted by Gasteiger charge is -2.21. The quantitative estimate of drug-likeness (QED) is 0.644. The number of benzene rings is 2. The Kier molecular flexibility index (Phi) is 6.03. The second-order valence-electron chi connectivity index (χ2n) is 6.68. The van der Waals surface area contributed by atoms with Crippen molar-refractivity contribution in [3.05, 3.63) is 54.1 Å². The van der Waals surface area contributed by atoms with Crippen molar-refractivity contribution in [3.8, 4) is 11.1 Å².